The molecule has 0 spiro atoms. The number of piperidine rings is 1. The fraction of sp³-hybridized carbons (Fsp3) is 0.391. The van der Waals surface area contributed by atoms with Gasteiger partial charge in [0.1, 0.15) is 5.75 Å². The second kappa shape index (κ2) is 8.57. The van der Waals surface area contributed by atoms with Gasteiger partial charge in [0, 0.05) is 31.9 Å². The first-order valence-electron chi connectivity index (χ1n) is 9.96. The number of methoxy groups -OCH3 is 1. The molecule has 0 unspecified atom stereocenters. The normalized spacial score (nSPS) is 22.6. The van der Waals surface area contributed by atoms with E-state index >= 15 is 0 Å². The maximum atomic E-state index is 13.0. The highest BCUT2D eigenvalue weighted by Gasteiger charge is 2.40. The number of carbonyl (C=O) groups is 1. The molecule has 3 saturated heterocycles. The van der Waals surface area contributed by atoms with Crippen molar-refractivity contribution < 1.29 is 9.53 Å². The second-order valence-electron chi connectivity index (χ2n) is 7.61. The van der Waals surface area contributed by atoms with Crippen molar-refractivity contribution in [2.45, 2.75) is 25.4 Å². The highest BCUT2D eigenvalue weighted by molar-refractivity contribution is 5.80. The number of nitrogens with zero attached hydrogens (tertiary/aromatic N) is 3. The van der Waals surface area contributed by atoms with Crippen molar-refractivity contribution in [3.63, 3.8) is 0 Å². The maximum absolute atomic E-state index is 13.0. The minimum absolute atomic E-state index is 0.108. The number of ether oxygens (including phenoxy) is 1. The molecule has 5 heteroatoms. The van der Waals surface area contributed by atoms with Crippen molar-refractivity contribution in [3.8, 4) is 5.75 Å². The predicted molar refractivity (Wildman–Crippen MR) is 110 cm³/mol. The van der Waals surface area contributed by atoms with Crippen molar-refractivity contribution >= 4 is 12.0 Å². The van der Waals surface area contributed by atoms with E-state index in [4.69, 9.17) is 4.74 Å². The first kappa shape index (κ1) is 18.7. The van der Waals surface area contributed by atoms with Crippen LogP contribution in [0.1, 0.15) is 24.1 Å². The second-order valence-corrected chi connectivity index (χ2v) is 7.61. The minimum atomic E-state index is 0.108. The van der Waals surface area contributed by atoms with Crippen LogP contribution in [0.15, 0.2) is 54.7 Å². The van der Waals surface area contributed by atoms with Gasteiger partial charge in [-0.3, -0.25) is 14.7 Å². The first-order valence-corrected chi connectivity index (χ1v) is 9.96. The van der Waals surface area contributed by atoms with Crippen LogP contribution in [0.5, 0.6) is 5.75 Å². The summed E-state index contributed by atoms with van der Waals surface area (Å²) in [5.74, 6) is 1.27. The summed E-state index contributed by atoms with van der Waals surface area (Å²) in [5.41, 5.74) is 2.13. The Morgan fingerprint density at radius 3 is 2.75 bits per heavy atom. The molecule has 2 atom stereocenters. The van der Waals surface area contributed by atoms with Crippen molar-refractivity contribution in [3.05, 3.63) is 66.0 Å². The van der Waals surface area contributed by atoms with Crippen LogP contribution < -0.4 is 4.74 Å². The van der Waals surface area contributed by atoms with E-state index in [2.05, 4.69) is 39.1 Å². The largest absolute Gasteiger partial charge is 0.497 e. The number of fused-ring (bicyclic) bond motifs is 4. The monoisotopic (exact) mass is 377 g/mol. The average molecular weight is 377 g/mol. The molecule has 1 aromatic carbocycles. The van der Waals surface area contributed by atoms with E-state index in [1.165, 1.54) is 0 Å². The molecule has 1 aromatic heterocycles. The number of hydrogen-bond donors (Lipinski definition) is 0. The molecular formula is C23H27N3O2. The molecule has 0 radical (unpaired) electrons. The van der Waals surface area contributed by atoms with Crippen LogP contribution in [-0.2, 0) is 11.3 Å². The van der Waals surface area contributed by atoms with Gasteiger partial charge in [0.25, 0.3) is 0 Å². The molecule has 28 heavy (non-hydrogen) atoms. The van der Waals surface area contributed by atoms with Gasteiger partial charge in [0.15, 0.2) is 0 Å². The molecule has 5 rings (SSSR count). The minimum Gasteiger partial charge on any atom is -0.497 e. The molecule has 1 amide bonds. The topological polar surface area (TPSA) is 45.7 Å². The van der Waals surface area contributed by atoms with Gasteiger partial charge in [-0.2, -0.15) is 0 Å². The van der Waals surface area contributed by atoms with Crippen LogP contribution in [0, 0.1) is 5.92 Å². The average Bonchev–Trinajstić information content (AvgIpc) is 3.01. The summed E-state index contributed by atoms with van der Waals surface area (Å²) in [6.45, 7) is 3.27. The molecule has 146 valence electrons. The summed E-state index contributed by atoms with van der Waals surface area (Å²) < 4.78 is 5.20. The van der Waals surface area contributed by atoms with Crippen molar-refractivity contribution in [2.24, 2.45) is 5.92 Å². The van der Waals surface area contributed by atoms with Crippen LogP contribution in [0.4, 0.5) is 0 Å². The lowest BCUT2D eigenvalue weighted by Gasteiger charge is -2.35. The van der Waals surface area contributed by atoms with E-state index in [0.717, 1.165) is 49.5 Å². The lowest BCUT2D eigenvalue weighted by molar-refractivity contribution is -0.140. The quantitative estimate of drug-likeness (QED) is 0.775. The van der Waals surface area contributed by atoms with Gasteiger partial charge in [0.2, 0.25) is 5.91 Å². The number of amides is 1. The summed E-state index contributed by atoms with van der Waals surface area (Å²) >= 11 is 0. The number of pyridine rings is 1. The first-order chi connectivity index (χ1) is 13.7. The van der Waals surface area contributed by atoms with Gasteiger partial charge in [-0.15, -0.1) is 0 Å². The standard InChI is InChI=1S/C23H27N3O2/c1-28-22-11-7-18(8-12-22)5-4-14-25-15-19-9-10-21(17-25)26(23(19)27)16-20-6-2-3-13-24-20/h2-8,11-13,19,21H,9-10,14-17H2,1H3/b5-4+/t19-,21+/m1/s1. The molecule has 3 aliphatic rings. The molecule has 0 N–H and O–H groups in total. The van der Waals surface area contributed by atoms with Crippen LogP contribution in [0.2, 0.25) is 0 Å². The van der Waals surface area contributed by atoms with Crippen molar-refractivity contribution in [1.29, 1.82) is 0 Å². The number of benzene rings is 1. The van der Waals surface area contributed by atoms with E-state index in [1.54, 1.807) is 13.3 Å². The van der Waals surface area contributed by atoms with Gasteiger partial charge >= 0.3 is 0 Å². The summed E-state index contributed by atoms with van der Waals surface area (Å²) in [5, 5.41) is 0. The SMILES string of the molecule is COc1ccc(/C=C/CN2C[C@H]3CC[C@@H](C2)N(Cc2ccccn2)C3=O)cc1. The molecule has 5 nitrogen and oxygen atoms in total. The van der Waals surface area contributed by atoms with E-state index in [0.29, 0.717) is 12.5 Å². The van der Waals surface area contributed by atoms with Crippen molar-refractivity contribution in [1.82, 2.24) is 14.8 Å². The number of hydrogen-bond acceptors (Lipinski definition) is 4. The molecule has 0 aliphatic carbocycles. The Morgan fingerprint density at radius 1 is 1.14 bits per heavy atom. The highest BCUT2D eigenvalue weighted by Crippen LogP contribution is 2.30. The number of rotatable bonds is 6. The van der Waals surface area contributed by atoms with E-state index in [9.17, 15) is 4.79 Å². The molecule has 4 heterocycles. The van der Waals surface area contributed by atoms with E-state index in [-0.39, 0.29) is 12.0 Å². The lowest BCUT2D eigenvalue weighted by atomic mass is 9.94. The van der Waals surface area contributed by atoms with E-state index in [1.807, 2.05) is 30.3 Å². The molecule has 2 aromatic rings. The van der Waals surface area contributed by atoms with Crippen LogP contribution in [0.25, 0.3) is 6.08 Å². The lowest BCUT2D eigenvalue weighted by Crippen LogP contribution is -2.47. The molecule has 3 aliphatic heterocycles. The molecule has 2 bridgehead atoms. The Kier molecular flexibility index (Phi) is 5.72. The summed E-state index contributed by atoms with van der Waals surface area (Å²) in [4.78, 5) is 21.8. The van der Waals surface area contributed by atoms with Gasteiger partial charge in [-0.05, 0) is 42.7 Å². The Labute approximate surface area is 166 Å². The Morgan fingerprint density at radius 2 is 2.00 bits per heavy atom. The zero-order chi connectivity index (χ0) is 19.3. The number of aromatic nitrogens is 1. The molecular weight excluding hydrogens is 350 g/mol. The highest BCUT2D eigenvalue weighted by atomic mass is 16.5. The Balaban J connectivity index is 1.39. The fourth-order valence-corrected chi connectivity index (χ4v) is 4.21. The third kappa shape index (κ3) is 4.25. The van der Waals surface area contributed by atoms with Crippen LogP contribution in [-0.4, -0.2) is 53.5 Å². The smallest absolute Gasteiger partial charge is 0.227 e. The van der Waals surface area contributed by atoms with Crippen LogP contribution >= 0.6 is 0 Å². The summed E-state index contributed by atoms with van der Waals surface area (Å²) in [7, 11) is 1.68. The Bertz CT molecular complexity index is 820. The molecule has 3 fully saturated rings. The predicted octanol–water partition coefficient (Wildman–Crippen LogP) is 3.23. The number of carbonyl (C=O) groups excluding carboxylic acids is 1. The van der Waals surface area contributed by atoms with Crippen LogP contribution in [0.3, 0.4) is 0 Å². The summed E-state index contributed by atoms with van der Waals surface area (Å²) in [6, 6.07) is 14.2. The van der Waals surface area contributed by atoms with Gasteiger partial charge in [0.05, 0.1) is 25.3 Å². The Hall–Kier alpha value is -2.66. The van der Waals surface area contributed by atoms with Gasteiger partial charge < -0.3 is 9.64 Å². The fourth-order valence-electron chi connectivity index (χ4n) is 4.21. The third-order valence-electron chi connectivity index (χ3n) is 5.72. The summed E-state index contributed by atoms with van der Waals surface area (Å²) in [6.07, 6.45) is 8.22. The zero-order valence-corrected chi connectivity index (χ0v) is 16.3. The third-order valence-corrected chi connectivity index (χ3v) is 5.72. The maximum Gasteiger partial charge on any atom is 0.227 e. The van der Waals surface area contributed by atoms with Crippen molar-refractivity contribution in [2.75, 3.05) is 26.7 Å². The van der Waals surface area contributed by atoms with Gasteiger partial charge in [-0.1, -0.05) is 30.4 Å². The zero-order valence-electron chi connectivity index (χ0n) is 16.3. The van der Waals surface area contributed by atoms with E-state index < -0.39 is 0 Å². The molecule has 0 saturated carbocycles. The van der Waals surface area contributed by atoms with Gasteiger partial charge in [-0.25, -0.2) is 0 Å².